The van der Waals surface area contributed by atoms with Crippen LogP contribution in [-0.2, 0) is 21.7 Å². The van der Waals surface area contributed by atoms with Gasteiger partial charge in [0.1, 0.15) is 0 Å². The number of aryl methyl sites for hydroxylation is 1. The second-order valence-corrected chi connectivity index (χ2v) is 10.6. The first-order chi connectivity index (χ1) is 18.5. The van der Waals surface area contributed by atoms with Crippen LogP contribution in [0.3, 0.4) is 0 Å². The number of hydrogen-bond donors (Lipinski definition) is 1. The third-order valence-corrected chi connectivity index (χ3v) is 6.86. The molecule has 4 rings (SSSR count). The van der Waals surface area contributed by atoms with Crippen LogP contribution in [0, 0.1) is 6.92 Å². The molecule has 204 valence electrons. The van der Waals surface area contributed by atoms with Gasteiger partial charge in [0.2, 0.25) is 11.8 Å². The fourth-order valence-corrected chi connectivity index (χ4v) is 4.45. The Morgan fingerprint density at radius 1 is 1.26 bits per heavy atom. The summed E-state index contributed by atoms with van der Waals surface area (Å²) in [6.07, 6.45) is 5.60. The molecule has 39 heavy (non-hydrogen) atoms. The summed E-state index contributed by atoms with van der Waals surface area (Å²) >= 11 is 0. The number of piperidine rings is 1. The molecule has 2 aromatic heterocycles. The molecule has 0 unspecified atom stereocenters. The maximum Gasteiger partial charge on any atom is 0.293 e. The van der Waals surface area contributed by atoms with Gasteiger partial charge in [-0.1, -0.05) is 24.8 Å². The van der Waals surface area contributed by atoms with Crippen molar-refractivity contribution in [3.8, 4) is 11.1 Å². The van der Waals surface area contributed by atoms with E-state index in [0.717, 1.165) is 22.3 Å². The summed E-state index contributed by atoms with van der Waals surface area (Å²) in [5, 5.41) is 14.9. The maximum atomic E-state index is 12.9. The van der Waals surface area contributed by atoms with Crippen molar-refractivity contribution in [1.82, 2.24) is 35.4 Å². The van der Waals surface area contributed by atoms with E-state index < -0.39 is 5.91 Å². The number of nitrogens with zero attached hydrogens (tertiary/aromatic N) is 7. The van der Waals surface area contributed by atoms with Crippen LogP contribution in [0.15, 0.2) is 49.3 Å². The van der Waals surface area contributed by atoms with Crippen LogP contribution in [0.2, 0.25) is 0 Å². The Balaban J connectivity index is 1.52. The summed E-state index contributed by atoms with van der Waals surface area (Å²) in [5.74, 6) is -0.560. The van der Waals surface area contributed by atoms with Crippen LogP contribution >= 0.6 is 0 Å². The highest BCUT2D eigenvalue weighted by Gasteiger charge is 2.32. The fourth-order valence-electron chi connectivity index (χ4n) is 4.45. The molecule has 1 saturated heterocycles. The van der Waals surface area contributed by atoms with Crippen molar-refractivity contribution in [1.29, 1.82) is 0 Å². The quantitative estimate of drug-likeness (QED) is 0.466. The smallest absolute Gasteiger partial charge is 0.293 e. The van der Waals surface area contributed by atoms with Gasteiger partial charge in [-0.15, -0.1) is 10.2 Å². The van der Waals surface area contributed by atoms with Crippen molar-refractivity contribution in [2.75, 3.05) is 18.5 Å². The first kappa shape index (κ1) is 27.6. The van der Waals surface area contributed by atoms with Gasteiger partial charge in [-0.2, -0.15) is 4.80 Å². The molecule has 1 aliphatic heterocycles. The number of nitrogens with one attached hydrogen (secondary N) is 1. The lowest BCUT2D eigenvalue weighted by Crippen LogP contribution is -2.50. The first-order valence-corrected chi connectivity index (χ1v) is 12.8. The molecular formula is C28H34N8O3. The standard InChI is InChI=1S/C28H34N8O3/c1-7-24(37)34(6)21-10-11-25(38)35(17-21)23-16-29-13-12-22(23)19-8-9-20(18(2)14-19)15-30-27(39)26-31-33-36(32-26)28(3,4)5/h7-9,12-14,16,21H,1,10-11,15,17H2,2-6H3,(H,30,39)/t21-/m1/s1. The number of likely N-dealkylation sites (N-methyl/N-ethyl adjacent to an activating group) is 1. The Kier molecular flexibility index (Phi) is 7.89. The van der Waals surface area contributed by atoms with Gasteiger partial charge < -0.3 is 15.1 Å². The third-order valence-electron chi connectivity index (χ3n) is 6.86. The number of carbonyl (C=O) groups excluding carboxylic acids is 3. The van der Waals surface area contributed by atoms with Crippen LogP contribution in [0.25, 0.3) is 11.1 Å². The summed E-state index contributed by atoms with van der Waals surface area (Å²) in [5.41, 5.74) is 4.01. The molecule has 1 N–H and O–H groups in total. The summed E-state index contributed by atoms with van der Waals surface area (Å²) in [6, 6.07) is 7.69. The maximum absolute atomic E-state index is 12.9. The molecule has 0 saturated carbocycles. The highest BCUT2D eigenvalue weighted by molar-refractivity contribution is 5.98. The molecule has 0 spiro atoms. The Hall–Kier alpha value is -4.41. The van der Waals surface area contributed by atoms with Crippen LogP contribution < -0.4 is 10.2 Å². The van der Waals surface area contributed by atoms with Crippen LogP contribution in [0.5, 0.6) is 0 Å². The van der Waals surface area contributed by atoms with Crippen LogP contribution in [0.1, 0.15) is 55.4 Å². The summed E-state index contributed by atoms with van der Waals surface area (Å²) in [4.78, 5) is 46.7. The van der Waals surface area contributed by atoms with Crippen molar-refractivity contribution in [2.24, 2.45) is 0 Å². The van der Waals surface area contributed by atoms with E-state index in [0.29, 0.717) is 31.6 Å². The summed E-state index contributed by atoms with van der Waals surface area (Å²) < 4.78 is 0. The van der Waals surface area contributed by atoms with Gasteiger partial charge in [-0.05, 0) is 68.2 Å². The number of rotatable bonds is 7. The number of pyridine rings is 1. The van der Waals surface area contributed by atoms with E-state index in [4.69, 9.17) is 0 Å². The van der Waals surface area contributed by atoms with Crippen molar-refractivity contribution in [2.45, 2.75) is 58.7 Å². The third kappa shape index (κ3) is 6.02. The Labute approximate surface area is 227 Å². The average molecular weight is 531 g/mol. The largest absolute Gasteiger partial charge is 0.345 e. The number of anilines is 1. The first-order valence-electron chi connectivity index (χ1n) is 12.8. The second-order valence-electron chi connectivity index (χ2n) is 10.6. The molecule has 1 aromatic carbocycles. The lowest BCUT2D eigenvalue weighted by Gasteiger charge is -2.37. The highest BCUT2D eigenvalue weighted by atomic mass is 16.2. The number of amides is 3. The van der Waals surface area contributed by atoms with E-state index in [2.05, 4.69) is 32.3 Å². The molecule has 1 aliphatic rings. The van der Waals surface area contributed by atoms with Gasteiger partial charge in [-0.25, -0.2) is 0 Å². The van der Waals surface area contributed by atoms with Crippen molar-refractivity contribution < 1.29 is 14.4 Å². The van der Waals surface area contributed by atoms with Crippen molar-refractivity contribution >= 4 is 23.4 Å². The minimum absolute atomic E-state index is 0.00647. The van der Waals surface area contributed by atoms with Gasteiger partial charge in [0, 0.05) is 38.3 Å². The van der Waals surface area contributed by atoms with Gasteiger partial charge in [0.15, 0.2) is 0 Å². The Morgan fingerprint density at radius 2 is 2.03 bits per heavy atom. The molecule has 11 nitrogen and oxygen atoms in total. The molecule has 1 fully saturated rings. The van der Waals surface area contributed by atoms with Crippen LogP contribution in [-0.4, -0.2) is 67.4 Å². The lowest BCUT2D eigenvalue weighted by atomic mass is 9.97. The minimum atomic E-state index is -0.400. The van der Waals surface area contributed by atoms with Gasteiger partial charge in [0.25, 0.3) is 11.7 Å². The zero-order chi connectivity index (χ0) is 28.3. The zero-order valence-corrected chi connectivity index (χ0v) is 23.0. The summed E-state index contributed by atoms with van der Waals surface area (Å²) in [6.45, 7) is 12.0. The van der Waals surface area contributed by atoms with E-state index in [9.17, 15) is 14.4 Å². The predicted molar refractivity (Wildman–Crippen MR) is 147 cm³/mol. The topological polar surface area (TPSA) is 126 Å². The highest BCUT2D eigenvalue weighted by Crippen LogP contribution is 2.34. The number of carbonyl (C=O) groups is 3. The predicted octanol–water partition coefficient (Wildman–Crippen LogP) is 2.87. The minimum Gasteiger partial charge on any atom is -0.345 e. The number of hydrogen-bond acceptors (Lipinski definition) is 7. The Morgan fingerprint density at radius 3 is 2.69 bits per heavy atom. The van der Waals surface area contributed by atoms with Gasteiger partial charge in [0.05, 0.1) is 23.5 Å². The molecule has 1 atom stereocenters. The molecule has 3 aromatic rings. The molecular weight excluding hydrogens is 496 g/mol. The van der Waals surface area contributed by atoms with Crippen molar-refractivity contribution in [3.63, 3.8) is 0 Å². The molecule has 11 heteroatoms. The molecule has 0 bridgehead atoms. The van der Waals surface area contributed by atoms with E-state index in [1.54, 1.807) is 29.2 Å². The van der Waals surface area contributed by atoms with Gasteiger partial charge >= 0.3 is 0 Å². The van der Waals surface area contributed by atoms with Crippen LogP contribution in [0.4, 0.5) is 5.69 Å². The SMILES string of the molecule is C=CC(=O)N(C)[C@@H]1CCC(=O)N(c2cnccc2-c2ccc(CNC(=O)c3nnn(C(C)(C)C)n3)c(C)c2)C1. The fraction of sp³-hybridized carbons (Fsp3) is 0.393. The zero-order valence-electron chi connectivity index (χ0n) is 23.0. The number of benzene rings is 1. The number of tetrazole rings is 1. The molecule has 3 amide bonds. The molecule has 0 aliphatic carbocycles. The monoisotopic (exact) mass is 530 g/mol. The normalized spacial score (nSPS) is 15.7. The number of aromatic nitrogens is 5. The average Bonchev–Trinajstić information content (AvgIpc) is 3.43. The van der Waals surface area contributed by atoms with Gasteiger partial charge in [-0.3, -0.25) is 19.4 Å². The second kappa shape index (κ2) is 11.1. The Bertz CT molecular complexity index is 1410. The van der Waals surface area contributed by atoms with E-state index in [1.165, 1.54) is 10.9 Å². The molecule has 3 heterocycles. The lowest BCUT2D eigenvalue weighted by molar-refractivity contribution is -0.129. The molecule has 0 radical (unpaired) electrons. The van der Waals surface area contributed by atoms with E-state index in [1.807, 2.05) is 52.0 Å². The summed E-state index contributed by atoms with van der Waals surface area (Å²) in [7, 11) is 1.73. The van der Waals surface area contributed by atoms with E-state index in [-0.39, 0.29) is 29.2 Å². The van der Waals surface area contributed by atoms with E-state index >= 15 is 0 Å². The van der Waals surface area contributed by atoms with Crippen molar-refractivity contribution in [3.05, 3.63) is 66.3 Å².